The molecular formula is C19H19BrCl2N2O2. The smallest absolute Gasteiger partial charge is 0.242 e. The minimum Gasteiger partial charge on any atom is -0.357 e. The van der Waals surface area contributed by atoms with E-state index in [1.165, 1.54) is 4.90 Å². The summed E-state index contributed by atoms with van der Waals surface area (Å²) in [6, 6.07) is 12.1. The summed E-state index contributed by atoms with van der Waals surface area (Å²) < 4.78 is 0.946. The van der Waals surface area contributed by atoms with Gasteiger partial charge in [0.2, 0.25) is 11.8 Å². The van der Waals surface area contributed by atoms with Crippen LogP contribution < -0.4 is 5.32 Å². The lowest BCUT2D eigenvalue weighted by Gasteiger charge is -2.28. The van der Waals surface area contributed by atoms with Crippen molar-refractivity contribution < 1.29 is 9.59 Å². The summed E-state index contributed by atoms with van der Waals surface area (Å²) in [6.07, 6.45) is 0.0242. The standard InChI is InChI=1S/C19H19BrCl2N2O2/c1-12(19(26)23-2)24(11-13-6-8-14(20)9-7-13)18(25)10-15-16(21)4-3-5-17(15)22/h3-9,12H,10-11H2,1-2H3,(H,23,26)/t12-/m0/s1. The molecule has 2 aromatic carbocycles. The first kappa shape index (κ1) is 20.7. The predicted octanol–water partition coefficient (Wildman–Crippen LogP) is 4.46. The van der Waals surface area contributed by atoms with Gasteiger partial charge in [0, 0.05) is 28.1 Å². The minimum absolute atomic E-state index is 0.0242. The molecule has 138 valence electrons. The second-order valence-corrected chi connectivity index (χ2v) is 7.55. The monoisotopic (exact) mass is 456 g/mol. The molecule has 0 aliphatic heterocycles. The van der Waals surface area contributed by atoms with E-state index in [0.29, 0.717) is 22.2 Å². The average molecular weight is 458 g/mol. The number of carbonyl (C=O) groups is 2. The molecule has 0 aliphatic carbocycles. The minimum atomic E-state index is -0.627. The molecule has 1 N–H and O–H groups in total. The number of rotatable bonds is 6. The second kappa shape index (κ2) is 9.40. The van der Waals surface area contributed by atoms with Gasteiger partial charge in [-0.05, 0) is 42.3 Å². The van der Waals surface area contributed by atoms with E-state index in [1.807, 2.05) is 24.3 Å². The Balaban J connectivity index is 2.28. The molecule has 0 aromatic heterocycles. The number of amides is 2. The number of nitrogens with one attached hydrogen (secondary N) is 1. The van der Waals surface area contributed by atoms with Gasteiger partial charge in [0.15, 0.2) is 0 Å². The first-order valence-electron chi connectivity index (χ1n) is 8.02. The first-order chi connectivity index (χ1) is 12.3. The van der Waals surface area contributed by atoms with Crippen molar-refractivity contribution in [1.82, 2.24) is 10.2 Å². The Morgan fingerprint density at radius 2 is 1.69 bits per heavy atom. The molecule has 26 heavy (non-hydrogen) atoms. The molecule has 0 saturated heterocycles. The highest BCUT2D eigenvalue weighted by Gasteiger charge is 2.26. The van der Waals surface area contributed by atoms with Crippen molar-refractivity contribution in [3.8, 4) is 0 Å². The van der Waals surface area contributed by atoms with Gasteiger partial charge in [-0.3, -0.25) is 9.59 Å². The highest BCUT2D eigenvalue weighted by molar-refractivity contribution is 9.10. The molecule has 2 rings (SSSR count). The van der Waals surface area contributed by atoms with Crippen LogP contribution in [-0.4, -0.2) is 29.8 Å². The zero-order chi connectivity index (χ0) is 19.3. The molecule has 0 spiro atoms. The number of nitrogens with zero attached hydrogens (tertiary/aromatic N) is 1. The molecule has 0 bridgehead atoms. The number of hydrogen-bond donors (Lipinski definition) is 1. The van der Waals surface area contributed by atoms with E-state index in [4.69, 9.17) is 23.2 Å². The molecule has 1 atom stereocenters. The zero-order valence-electron chi connectivity index (χ0n) is 14.4. The molecule has 0 fully saturated rings. The van der Waals surface area contributed by atoms with E-state index in [2.05, 4.69) is 21.2 Å². The summed E-state index contributed by atoms with van der Waals surface area (Å²) in [5.41, 5.74) is 1.48. The van der Waals surface area contributed by atoms with E-state index in [0.717, 1.165) is 10.0 Å². The number of halogens is 3. The zero-order valence-corrected chi connectivity index (χ0v) is 17.5. The number of carbonyl (C=O) groups excluding carboxylic acids is 2. The fraction of sp³-hybridized carbons (Fsp3) is 0.263. The van der Waals surface area contributed by atoms with E-state index in [1.54, 1.807) is 32.2 Å². The molecule has 0 aliphatic rings. The summed E-state index contributed by atoms with van der Waals surface area (Å²) >= 11 is 15.8. The van der Waals surface area contributed by atoms with Gasteiger partial charge < -0.3 is 10.2 Å². The van der Waals surface area contributed by atoms with E-state index in [9.17, 15) is 9.59 Å². The van der Waals surface area contributed by atoms with Crippen LogP contribution in [0.1, 0.15) is 18.1 Å². The highest BCUT2D eigenvalue weighted by atomic mass is 79.9. The molecule has 0 heterocycles. The van der Waals surface area contributed by atoms with Crippen LogP contribution in [0.15, 0.2) is 46.9 Å². The molecule has 2 aromatic rings. The Kier molecular flexibility index (Phi) is 7.50. The number of benzene rings is 2. The average Bonchev–Trinajstić information content (AvgIpc) is 2.63. The van der Waals surface area contributed by atoms with Crippen molar-refractivity contribution in [3.63, 3.8) is 0 Å². The third-order valence-corrected chi connectivity index (χ3v) is 5.31. The SMILES string of the molecule is CNC(=O)[C@H](C)N(Cc1ccc(Br)cc1)C(=O)Cc1c(Cl)cccc1Cl. The lowest BCUT2D eigenvalue weighted by Crippen LogP contribution is -2.47. The fourth-order valence-electron chi connectivity index (χ4n) is 2.53. The van der Waals surface area contributed by atoms with Crippen LogP contribution in [0.25, 0.3) is 0 Å². The Morgan fingerprint density at radius 1 is 1.12 bits per heavy atom. The molecule has 2 amide bonds. The maximum absolute atomic E-state index is 13.0. The molecule has 4 nitrogen and oxygen atoms in total. The normalized spacial score (nSPS) is 11.7. The van der Waals surface area contributed by atoms with Crippen LogP contribution in [-0.2, 0) is 22.6 Å². The largest absolute Gasteiger partial charge is 0.357 e. The third kappa shape index (κ3) is 5.22. The molecule has 0 radical (unpaired) electrons. The maximum atomic E-state index is 13.0. The van der Waals surface area contributed by atoms with Gasteiger partial charge >= 0.3 is 0 Å². The van der Waals surface area contributed by atoms with Crippen molar-refractivity contribution in [2.24, 2.45) is 0 Å². The van der Waals surface area contributed by atoms with Crippen LogP contribution in [0.5, 0.6) is 0 Å². The molecular weight excluding hydrogens is 439 g/mol. The van der Waals surface area contributed by atoms with Crippen LogP contribution >= 0.6 is 39.1 Å². The summed E-state index contributed by atoms with van der Waals surface area (Å²) in [5, 5.41) is 3.45. The van der Waals surface area contributed by atoms with Crippen molar-refractivity contribution >= 4 is 50.9 Å². The molecule has 0 saturated carbocycles. The maximum Gasteiger partial charge on any atom is 0.242 e. The Bertz CT molecular complexity index is 776. The Morgan fingerprint density at radius 3 is 2.23 bits per heavy atom. The number of hydrogen-bond acceptors (Lipinski definition) is 2. The van der Waals surface area contributed by atoms with Gasteiger partial charge in [0.1, 0.15) is 6.04 Å². The summed E-state index contributed by atoms with van der Waals surface area (Å²) in [7, 11) is 1.55. The Labute approximate surface area is 171 Å². The molecule has 7 heteroatoms. The van der Waals surface area contributed by atoms with E-state index in [-0.39, 0.29) is 18.2 Å². The predicted molar refractivity (Wildman–Crippen MR) is 108 cm³/mol. The van der Waals surface area contributed by atoms with Crippen LogP contribution in [0.4, 0.5) is 0 Å². The van der Waals surface area contributed by atoms with Crippen LogP contribution in [0.3, 0.4) is 0 Å². The van der Waals surface area contributed by atoms with E-state index < -0.39 is 6.04 Å². The van der Waals surface area contributed by atoms with Gasteiger partial charge in [-0.1, -0.05) is 57.3 Å². The summed E-state index contributed by atoms with van der Waals surface area (Å²) in [4.78, 5) is 26.6. The molecule has 0 unspecified atom stereocenters. The topological polar surface area (TPSA) is 49.4 Å². The van der Waals surface area contributed by atoms with E-state index >= 15 is 0 Å². The number of likely N-dealkylation sites (N-methyl/N-ethyl adjacent to an activating group) is 1. The van der Waals surface area contributed by atoms with Crippen molar-refractivity contribution in [2.45, 2.75) is 25.9 Å². The van der Waals surface area contributed by atoms with Gasteiger partial charge in [0.25, 0.3) is 0 Å². The van der Waals surface area contributed by atoms with Gasteiger partial charge in [-0.25, -0.2) is 0 Å². The fourth-order valence-corrected chi connectivity index (χ4v) is 3.33. The third-order valence-electron chi connectivity index (χ3n) is 4.07. The van der Waals surface area contributed by atoms with Crippen molar-refractivity contribution in [2.75, 3.05) is 7.05 Å². The summed E-state index contributed by atoms with van der Waals surface area (Å²) in [6.45, 7) is 2.01. The summed E-state index contributed by atoms with van der Waals surface area (Å²) in [5.74, 6) is -0.459. The highest BCUT2D eigenvalue weighted by Crippen LogP contribution is 2.26. The van der Waals surface area contributed by atoms with Crippen LogP contribution in [0, 0.1) is 0 Å². The second-order valence-electron chi connectivity index (χ2n) is 5.82. The van der Waals surface area contributed by atoms with Crippen molar-refractivity contribution in [3.05, 3.63) is 68.1 Å². The van der Waals surface area contributed by atoms with Gasteiger partial charge in [0.05, 0.1) is 6.42 Å². The lowest BCUT2D eigenvalue weighted by atomic mass is 10.1. The van der Waals surface area contributed by atoms with Gasteiger partial charge in [-0.15, -0.1) is 0 Å². The quantitative estimate of drug-likeness (QED) is 0.695. The van der Waals surface area contributed by atoms with Crippen LogP contribution in [0.2, 0.25) is 10.0 Å². The lowest BCUT2D eigenvalue weighted by molar-refractivity contribution is -0.139. The van der Waals surface area contributed by atoms with Crippen molar-refractivity contribution in [1.29, 1.82) is 0 Å². The first-order valence-corrected chi connectivity index (χ1v) is 9.56. The van der Waals surface area contributed by atoms with Gasteiger partial charge in [-0.2, -0.15) is 0 Å². The Hall–Kier alpha value is -1.56.